The minimum Gasteiger partial charge on any atom is -0.326 e. The third-order valence-electron chi connectivity index (χ3n) is 4.64. The van der Waals surface area contributed by atoms with Crippen LogP contribution in [-0.2, 0) is 4.79 Å². The number of carbonyl (C=O) groups excluding carboxylic acids is 2. The fourth-order valence-electron chi connectivity index (χ4n) is 3.11. The maximum atomic E-state index is 13.0. The van der Waals surface area contributed by atoms with E-state index in [9.17, 15) is 9.59 Å². The molecule has 4 aromatic rings. The van der Waals surface area contributed by atoms with Crippen LogP contribution >= 0.6 is 11.6 Å². The van der Waals surface area contributed by atoms with Gasteiger partial charge in [0.25, 0.3) is 5.91 Å². The van der Waals surface area contributed by atoms with E-state index in [0.717, 1.165) is 11.4 Å². The first-order chi connectivity index (χ1) is 14.4. The summed E-state index contributed by atoms with van der Waals surface area (Å²) in [6, 6.07) is 19.6. The number of halogens is 1. The lowest BCUT2D eigenvalue weighted by molar-refractivity contribution is -0.114. The molecule has 0 aliphatic rings. The van der Waals surface area contributed by atoms with Gasteiger partial charge in [-0.3, -0.25) is 9.59 Å². The molecule has 0 aliphatic heterocycles. The minimum absolute atomic E-state index is 0.137. The van der Waals surface area contributed by atoms with Gasteiger partial charge in [-0.2, -0.15) is 0 Å². The van der Waals surface area contributed by atoms with Crippen molar-refractivity contribution in [1.29, 1.82) is 0 Å². The largest absolute Gasteiger partial charge is 0.326 e. The van der Waals surface area contributed by atoms with Crippen molar-refractivity contribution in [2.45, 2.75) is 6.92 Å². The number of fused-ring (bicyclic) bond motifs is 1. The van der Waals surface area contributed by atoms with Crippen molar-refractivity contribution < 1.29 is 9.59 Å². The van der Waals surface area contributed by atoms with Crippen LogP contribution in [0.3, 0.4) is 0 Å². The number of rotatable bonds is 4. The van der Waals surface area contributed by atoms with Crippen molar-refractivity contribution >= 4 is 45.8 Å². The number of aromatic nitrogens is 3. The van der Waals surface area contributed by atoms with Gasteiger partial charge in [0.2, 0.25) is 5.91 Å². The van der Waals surface area contributed by atoms with Crippen LogP contribution in [0.4, 0.5) is 11.4 Å². The quantitative estimate of drug-likeness (QED) is 0.534. The summed E-state index contributed by atoms with van der Waals surface area (Å²) in [7, 11) is 1.71. The zero-order chi connectivity index (χ0) is 21.3. The Bertz CT molecular complexity index is 1230. The molecule has 0 saturated carbocycles. The van der Waals surface area contributed by atoms with Crippen molar-refractivity contribution in [3.63, 3.8) is 0 Å². The van der Waals surface area contributed by atoms with E-state index in [1.807, 2.05) is 12.1 Å². The van der Waals surface area contributed by atoms with Gasteiger partial charge < -0.3 is 10.2 Å². The highest BCUT2D eigenvalue weighted by atomic mass is 35.5. The second-order valence-electron chi connectivity index (χ2n) is 6.77. The molecule has 0 fully saturated rings. The van der Waals surface area contributed by atoms with Gasteiger partial charge in [-0.05, 0) is 66.7 Å². The Labute approximate surface area is 177 Å². The lowest BCUT2D eigenvalue weighted by Crippen LogP contribution is -2.26. The number of nitrogens with one attached hydrogen (secondary N) is 1. The molecule has 7 nitrogen and oxygen atoms in total. The number of benzene rings is 3. The Morgan fingerprint density at radius 1 is 1.00 bits per heavy atom. The summed E-state index contributed by atoms with van der Waals surface area (Å²) in [5.41, 5.74) is 4.09. The van der Waals surface area contributed by atoms with Gasteiger partial charge in [0, 0.05) is 35.9 Å². The third kappa shape index (κ3) is 3.88. The Hall–Kier alpha value is -3.71. The van der Waals surface area contributed by atoms with Gasteiger partial charge in [-0.15, -0.1) is 5.10 Å². The second kappa shape index (κ2) is 7.96. The molecule has 2 amide bonds. The maximum Gasteiger partial charge on any atom is 0.258 e. The Balaban J connectivity index is 1.66. The fourth-order valence-corrected chi connectivity index (χ4v) is 3.23. The third-order valence-corrected chi connectivity index (χ3v) is 4.90. The van der Waals surface area contributed by atoms with Crippen molar-refractivity contribution in [3.8, 4) is 5.69 Å². The minimum atomic E-state index is -0.159. The molecule has 1 heterocycles. The smallest absolute Gasteiger partial charge is 0.258 e. The zero-order valence-corrected chi connectivity index (χ0v) is 17.1. The van der Waals surface area contributed by atoms with Crippen LogP contribution in [0.5, 0.6) is 0 Å². The predicted molar refractivity (Wildman–Crippen MR) is 117 cm³/mol. The molecule has 1 N–H and O–H groups in total. The lowest BCUT2D eigenvalue weighted by atomic mass is 10.1. The molecule has 0 bridgehead atoms. The van der Waals surface area contributed by atoms with Crippen LogP contribution < -0.4 is 10.2 Å². The van der Waals surface area contributed by atoms with E-state index in [-0.39, 0.29) is 11.8 Å². The van der Waals surface area contributed by atoms with Crippen LogP contribution in [-0.4, -0.2) is 33.9 Å². The summed E-state index contributed by atoms with van der Waals surface area (Å²) >= 11 is 5.94. The van der Waals surface area contributed by atoms with Crippen molar-refractivity contribution in [2.24, 2.45) is 0 Å². The monoisotopic (exact) mass is 419 g/mol. The normalized spacial score (nSPS) is 10.8. The van der Waals surface area contributed by atoms with Crippen LogP contribution in [0.2, 0.25) is 5.02 Å². The second-order valence-corrected chi connectivity index (χ2v) is 7.21. The van der Waals surface area contributed by atoms with E-state index in [4.69, 9.17) is 11.6 Å². The van der Waals surface area contributed by atoms with Crippen LogP contribution in [0, 0.1) is 0 Å². The molecular formula is C22H18ClN5O2. The number of hydrogen-bond donors (Lipinski definition) is 1. The van der Waals surface area contributed by atoms with Crippen LogP contribution in [0.1, 0.15) is 17.3 Å². The molecule has 1 aromatic heterocycles. The Kier molecular flexibility index (Phi) is 5.20. The molecule has 0 atom stereocenters. The highest BCUT2D eigenvalue weighted by Gasteiger charge is 2.16. The topological polar surface area (TPSA) is 80.1 Å². The average molecular weight is 420 g/mol. The van der Waals surface area contributed by atoms with Crippen molar-refractivity contribution in [1.82, 2.24) is 15.0 Å². The first-order valence-corrected chi connectivity index (χ1v) is 9.57. The summed E-state index contributed by atoms with van der Waals surface area (Å²) in [5, 5.41) is 11.7. The average Bonchev–Trinajstić information content (AvgIpc) is 3.16. The summed E-state index contributed by atoms with van der Waals surface area (Å²) in [6.07, 6.45) is 0. The lowest BCUT2D eigenvalue weighted by Gasteiger charge is -2.17. The molecule has 30 heavy (non-hydrogen) atoms. The molecule has 0 unspecified atom stereocenters. The van der Waals surface area contributed by atoms with Gasteiger partial charge >= 0.3 is 0 Å². The van der Waals surface area contributed by atoms with Crippen LogP contribution in [0.25, 0.3) is 16.7 Å². The van der Waals surface area contributed by atoms with E-state index >= 15 is 0 Å². The van der Waals surface area contributed by atoms with E-state index in [0.29, 0.717) is 27.3 Å². The summed E-state index contributed by atoms with van der Waals surface area (Å²) in [5.74, 6) is -0.296. The molecule has 0 radical (unpaired) electrons. The highest BCUT2D eigenvalue weighted by molar-refractivity contribution is 6.30. The highest BCUT2D eigenvalue weighted by Crippen LogP contribution is 2.22. The molecule has 0 spiro atoms. The Morgan fingerprint density at radius 3 is 2.37 bits per heavy atom. The molecular weight excluding hydrogens is 402 g/mol. The molecule has 3 aromatic carbocycles. The van der Waals surface area contributed by atoms with Gasteiger partial charge in [0.05, 0.1) is 11.2 Å². The number of carbonyl (C=O) groups is 2. The standard InChI is InChI=1S/C22H18ClN5O2/c1-14(29)24-17-6-10-19(11-7-17)28-21-13-15(3-12-20(21)25-26-28)22(30)27(2)18-8-4-16(23)5-9-18/h3-13H,1-2H3,(H,24,29). The van der Waals surface area contributed by atoms with Gasteiger partial charge in [0.1, 0.15) is 5.52 Å². The first-order valence-electron chi connectivity index (χ1n) is 9.19. The van der Waals surface area contributed by atoms with E-state index < -0.39 is 0 Å². The molecule has 0 saturated heterocycles. The predicted octanol–water partition coefficient (Wildman–Crippen LogP) is 4.31. The van der Waals surface area contributed by atoms with Gasteiger partial charge in [-0.1, -0.05) is 16.8 Å². The molecule has 8 heteroatoms. The maximum absolute atomic E-state index is 13.0. The van der Waals surface area contributed by atoms with E-state index in [1.165, 1.54) is 6.92 Å². The number of anilines is 2. The summed E-state index contributed by atoms with van der Waals surface area (Å²) < 4.78 is 1.66. The molecule has 150 valence electrons. The number of hydrogen-bond acceptors (Lipinski definition) is 4. The van der Waals surface area contributed by atoms with Gasteiger partial charge in [0.15, 0.2) is 0 Å². The number of amides is 2. The summed E-state index contributed by atoms with van der Waals surface area (Å²) in [6.45, 7) is 1.46. The first kappa shape index (κ1) is 19.6. The zero-order valence-electron chi connectivity index (χ0n) is 16.3. The summed E-state index contributed by atoms with van der Waals surface area (Å²) in [4.78, 5) is 25.8. The van der Waals surface area contributed by atoms with E-state index in [1.54, 1.807) is 71.2 Å². The number of nitrogens with zero attached hydrogens (tertiary/aromatic N) is 4. The van der Waals surface area contributed by atoms with Crippen molar-refractivity contribution in [2.75, 3.05) is 17.3 Å². The SMILES string of the molecule is CC(=O)Nc1ccc(-n2nnc3ccc(C(=O)N(C)c4ccc(Cl)cc4)cc32)cc1. The fraction of sp³-hybridized carbons (Fsp3) is 0.0909. The van der Waals surface area contributed by atoms with E-state index in [2.05, 4.69) is 15.6 Å². The molecule has 0 aliphatic carbocycles. The van der Waals surface area contributed by atoms with Gasteiger partial charge in [-0.25, -0.2) is 4.68 Å². The van der Waals surface area contributed by atoms with Crippen LogP contribution in [0.15, 0.2) is 66.7 Å². The van der Waals surface area contributed by atoms with Crippen molar-refractivity contribution in [3.05, 3.63) is 77.3 Å². The Morgan fingerprint density at radius 2 is 1.70 bits per heavy atom. The molecule has 4 rings (SSSR count).